The van der Waals surface area contributed by atoms with Crippen molar-refractivity contribution in [2.45, 2.75) is 4.90 Å². The van der Waals surface area contributed by atoms with Crippen molar-refractivity contribution in [3.05, 3.63) is 40.3 Å². The normalized spacial score (nSPS) is 11.3. The fraction of sp³-hybridized carbons (Fsp3) is 0. The van der Waals surface area contributed by atoms with Gasteiger partial charge in [0.05, 0.1) is 5.69 Å². The summed E-state index contributed by atoms with van der Waals surface area (Å²) < 4.78 is 39.9. The summed E-state index contributed by atoms with van der Waals surface area (Å²) in [6.07, 6.45) is 0. The van der Waals surface area contributed by atoms with Gasteiger partial charge in [-0.2, -0.15) is 0 Å². The predicted molar refractivity (Wildman–Crippen MR) is 73.7 cm³/mol. The number of nitrogens with one attached hydrogen (secondary N) is 1. The van der Waals surface area contributed by atoms with Gasteiger partial charge in [-0.3, -0.25) is 4.72 Å². The molecule has 0 saturated carbocycles. The van der Waals surface area contributed by atoms with Crippen LogP contribution in [0.3, 0.4) is 0 Å². The molecular weight excluding hydrogens is 330 g/mol. The average Bonchev–Trinajstić information content (AvgIpc) is 2.36. The van der Waals surface area contributed by atoms with Crippen molar-refractivity contribution in [1.29, 1.82) is 0 Å². The van der Waals surface area contributed by atoms with E-state index in [1.165, 1.54) is 12.1 Å². The Kier molecular flexibility index (Phi) is 3.98. The van der Waals surface area contributed by atoms with Crippen molar-refractivity contribution in [1.82, 2.24) is 10.2 Å². The minimum atomic E-state index is -4.24. The van der Waals surface area contributed by atoms with Crippen LogP contribution in [-0.4, -0.2) is 18.6 Å². The molecule has 10 heteroatoms. The highest BCUT2D eigenvalue weighted by Gasteiger charge is 2.22. The molecule has 2 rings (SSSR count). The van der Waals surface area contributed by atoms with Gasteiger partial charge in [0.25, 0.3) is 10.0 Å². The Morgan fingerprint density at radius 1 is 1.20 bits per heavy atom. The Labute approximate surface area is 123 Å². The molecule has 0 unspecified atom stereocenters. The summed E-state index contributed by atoms with van der Waals surface area (Å²) in [5.41, 5.74) is 4.96. The Balaban J connectivity index is 2.43. The first-order valence-corrected chi connectivity index (χ1v) is 7.30. The predicted octanol–water partition coefficient (Wildman–Crippen LogP) is 2.31. The molecule has 1 aromatic heterocycles. The van der Waals surface area contributed by atoms with Crippen LogP contribution < -0.4 is 10.5 Å². The summed E-state index contributed by atoms with van der Waals surface area (Å²) in [5.74, 6) is -1.21. The molecule has 0 fully saturated rings. The topological polar surface area (TPSA) is 98.0 Å². The standard InChI is InChI=1S/C10H7Cl2FN4O2S/c11-5-3-6(14)10(13)7(4-5)20(18,19)17-9-2-1-8(12)15-16-9/h1-4H,14H2,(H,16,17). The highest BCUT2D eigenvalue weighted by molar-refractivity contribution is 7.92. The van der Waals surface area contributed by atoms with Crippen LogP contribution in [0.5, 0.6) is 0 Å². The van der Waals surface area contributed by atoms with Gasteiger partial charge in [-0.1, -0.05) is 23.2 Å². The Hall–Kier alpha value is -1.64. The molecule has 3 N–H and O–H groups in total. The molecule has 0 saturated heterocycles. The van der Waals surface area contributed by atoms with Crippen molar-refractivity contribution in [2.75, 3.05) is 10.5 Å². The summed E-state index contributed by atoms with van der Waals surface area (Å²) in [4.78, 5) is -0.681. The second kappa shape index (κ2) is 5.39. The van der Waals surface area contributed by atoms with E-state index >= 15 is 0 Å². The highest BCUT2D eigenvalue weighted by atomic mass is 35.5. The minimum absolute atomic E-state index is 0.00790. The first kappa shape index (κ1) is 14.8. The molecule has 0 atom stereocenters. The second-order valence-electron chi connectivity index (χ2n) is 3.65. The van der Waals surface area contributed by atoms with Crippen molar-refractivity contribution in [3.8, 4) is 0 Å². The van der Waals surface area contributed by atoms with Gasteiger partial charge in [0, 0.05) is 5.02 Å². The molecule has 1 aromatic carbocycles. The van der Waals surface area contributed by atoms with Gasteiger partial charge >= 0.3 is 0 Å². The molecule has 2 aromatic rings. The first-order valence-electron chi connectivity index (χ1n) is 5.06. The molecule has 20 heavy (non-hydrogen) atoms. The quantitative estimate of drug-likeness (QED) is 0.838. The zero-order valence-corrected chi connectivity index (χ0v) is 12.0. The maximum atomic E-state index is 13.8. The van der Waals surface area contributed by atoms with E-state index < -0.39 is 20.7 Å². The van der Waals surface area contributed by atoms with Crippen molar-refractivity contribution in [2.24, 2.45) is 0 Å². The third-order valence-electron chi connectivity index (χ3n) is 2.19. The first-order chi connectivity index (χ1) is 9.29. The lowest BCUT2D eigenvalue weighted by Crippen LogP contribution is -2.16. The second-order valence-corrected chi connectivity index (χ2v) is 6.13. The van der Waals surface area contributed by atoms with Gasteiger partial charge in [0.1, 0.15) is 4.90 Å². The Bertz CT molecular complexity index is 753. The van der Waals surface area contributed by atoms with E-state index in [4.69, 9.17) is 28.9 Å². The van der Waals surface area contributed by atoms with E-state index in [9.17, 15) is 12.8 Å². The number of nitrogens with zero attached hydrogens (tertiary/aromatic N) is 2. The van der Waals surface area contributed by atoms with Gasteiger partial charge < -0.3 is 5.73 Å². The molecule has 0 amide bonds. The van der Waals surface area contributed by atoms with E-state index in [-0.39, 0.29) is 21.7 Å². The Morgan fingerprint density at radius 3 is 2.50 bits per heavy atom. The number of hydrogen-bond donors (Lipinski definition) is 2. The molecule has 0 aliphatic carbocycles. The number of halogens is 3. The maximum Gasteiger partial charge on any atom is 0.266 e. The zero-order chi connectivity index (χ0) is 14.9. The zero-order valence-electron chi connectivity index (χ0n) is 9.64. The van der Waals surface area contributed by atoms with E-state index in [0.717, 1.165) is 12.1 Å². The van der Waals surface area contributed by atoms with Crippen molar-refractivity contribution < 1.29 is 12.8 Å². The molecule has 106 valence electrons. The van der Waals surface area contributed by atoms with Crippen LogP contribution in [0.4, 0.5) is 15.9 Å². The summed E-state index contributed by atoms with van der Waals surface area (Å²) >= 11 is 11.2. The van der Waals surface area contributed by atoms with Crippen LogP contribution in [0.15, 0.2) is 29.2 Å². The van der Waals surface area contributed by atoms with Crippen LogP contribution >= 0.6 is 23.2 Å². The molecule has 0 spiro atoms. The third-order valence-corrected chi connectivity index (χ3v) is 3.97. The van der Waals surface area contributed by atoms with Crippen LogP contribution in [0.1, 0.15) is 0 Å². The Morgan fingerprint density at radius 2 is 1.90 bits per heavy atom. The van der Waals surface area contributed by atoms with Gasteiger partial charge in [-0.05, 0) is 24.3 Å². The molecule has 0 radical (unpaired) electrons. The van der Waals surface area contributed by atoms with E-state index in [2.05, 4.69) is 10.2 Å². The lowest BCUT2D eigenvalue weighted by Gasteiger charge is -2.09. The van der Waals surface area contributed by atoms with Crippen molar-refractivity contribution >= 4 is 44.7 Å². The van der Waals surface area contributed by atoms with Gasteiger partial charge in [-0.15, -0.1) is 10.2 Å². The number of nitrogen functional groups attached to an aromatic ring is 1. The fourth-order valence-corrected chi connectivity index (χ4v) is 2.87. The van der Waals surface area contributed by atoms with E-state index in [1.807, 2.05) is 4.72 Å². The van der Waals surface area contributed by atoms with Gasteiger partial charge in [0.15, 0.2) is 16.8 Å². The summed E-state index contributed by atoms with van der Waals surface area (Å²) in [5, 5.41) is 7.04. The number of nitrogens with two attached hydrogens (primary N) is 1. The van der Waals surface area contributed by atoms with Crippen molar-refractivity contribution in [3.63, 3.8) is 0 Å². The van der Waals surface area contributed by atoms with Crippen LogP contribution in [0, 0.1) is 5.82 Å². The largest absolute Gasteiger partial charge is 0.396 e. The smallest absolute Gasteiger partial charge is 0.266 e. The monoisotopic (exact) mass is 336 g/mol. The molecule has 0 aliphatic rings. The number of hydrogen-bond acceptors (Lipinski definition) is 5. The lowest BCUT2D eigenvalue weighted by atomic mass is 10.3. The maximum absolute atomic E-state index is 13.8. The average molecular weight is 337 g/mol. The third kappa shape index (κ3) is 3.09. The van der Waals surface area contributed by atoms with Gasteiger partial charge in [-0.25, -0.2) is 12.8 Å². The van der Waals surface area contributed by atoms with Crippen LogP contribution in [0.25, 0.3) is 0 Å². The van der Waals surface area contributed by atoms with E-state index in [1.54, 1.807) is 0 Å². The van der Waals surface area contributed by atoms with Gasteiger partial charge in [0.2, 0.25) is 0 Å². The molecule has 6 nitrogen and oxygen atoms in total. The van der Waals surface area contributed by atoms with Crippen LogP contribution in [0.2, 0.25) is 10.2 Å². The van der Waals surface area contributed by atoms with E-state index in [0.29, 0.717) is 0 Å². The minimum Gasteiger partial charge on any atom is -0.396 e. The molecule has 0 bridgehead atoms. The summed E-state index contributed by atoms with van der Waals surface area (Å²) in [6, 6.07) is 4.66. The number of rotatable bonds is 3. The molecule has 0 aliphatic heterocycles. The fourth-order valence-electron chi connectivity index (χ4n) is 1.34. The summed E-state index contributed by atoms with van der Waals surface area (Å²) in [7, 11) is -4.24. The number of benzene rings is 1. The number of aromatic nitrogens is 2. The summed E-state index contributed by atoms with van der Waals surface area (Å²) in [6.45, 7) is 0. The molecule has 1 heterocycles. The number of sulfonamides is 1. The van der Waals surface area contributed by atoms with Crippen LogP contribution in [-0.2, 0) is 10.0 Å². The SMILES string of the molecule is Nc1cc(Cl)cc(S(=O)(=O)Nc2ccc(Cl)nn2)c1F. The molecular formula is C10H7Cl2FN4O2S. The highest BCUT2D eigenvalue weighted by Crippen LogP contribution is 2.26. The number of anilines is 2. The lowest BCUT2D eigenvalue weighted by molar-refractivity contribution is 0.572.